The van der Waals surface area contributed by atoms with Crippen LogP contribution in [-0.2, 0) is 19.9 Å². The number of para-hydroxylation sites is 1. The molecule has 0 unspecified atom stereocenters. The van der Waals surface area contributed by atoms with Crippen molar-refractivity contribution in [3.8, 4) is 0 Å². The Morgan fingerprint density at radius 2 is 2.00 bits per heavy atom. The van der Waals surface area contributed by atoms with Crippen LogP contribution in [0.15, 0.2) is 24.3 Å². The summed E-state index contributed by atoms with van der Waals surface area (Å²) in [5, 5.41) is 2.99. The zero-order valence-electron chi connectivity index (χ0n) is 14.9. The van der Waals surface area contributed by atoms with Crippen molar-refractivity contribution in [2.45, 2.75) is 44.2 Å². The summed E-state index contributed by atoms with van der Waals surface area (Å²) in [6.45, 7) is 3.27. The smallest absolute Gasteiger partial charge is 0.250 e. The van der Waals surface area contributed by atoms with Crippen molar-refractivity contribution in [1.29, 1.82) is 0 Å². The molecule has 1 aromatic carbocycles. The van der Waals surface area contributed by atoms with Crippen LogP contribution in [0.5, 0.6) is 0 Å². The van der Waals surface area contributed by atoms with Gasteiger partial charge < -0.3 is 5.32 Å². The van der Waals surface area contributed by atoms with Gasteiger partial charge in [-0.1, -0.05) is 31.5 Å². The Morgan fingerprint density at radius 1 is 1.19 bits per heavy atom. The van der Waals surface area contributed by atoms with Gasteiger partial charge in [-0.3, -0.25) is 24.2 Å². The highest BCUT2D eigenvalue weighted by Crippen LogP contribution is 2.60. The van der Waals surface area contributed by atoms with Crippen LogP contribution >= 0.6 is 0 Å². The van der Waals surface area contributed by atoms with Gasteiger partial charge in [0.05, 0.1) is 11.8 Å². The highest BCUT2D eigenvalue weighted by molar-refractivity contribution is 6.15. The van der Waals surface area contributed by atoms with E-state index in [0.29, 0.717) is 6.54 Å². The summed E-state index contributed by atoms with van der Waals surface area (Å²) in [5.41, 5.74) is 0.620. The fraction of sp³-hybridized carbons (Fsp3) is 0.550. The predicted molar refractivity (Wildman–Crippen MR) is 95.1 cm³/mol. The average Bonchev–Trinajstić information content (AvgIpc) is 3.33. The molecule has 136 valence electrons. The quantitative estimate of drug-likeness (QED) is 0.840. The van der Waals surface area contributed by atoms with Crippen LogP contribution in [0.25, 0.3) is 0 Å². The number of benzene rings is 1. The molecule has 0 aromatic heterocycles. The van der Waals surface area contributed by atoms with Crippen LogP contribution in [0.1, 0.15) is 38.2 Å². The zero-order chi connectivity index (χ0) is 18.1. The minimum atomic E-state index is -1.02. The van der Waals surface area contributed by atoms with Crippen LogP contribution in [0.4, 0.5) is 5.69 Å². The van der Waals surface area contributed by atoms with Gasteiger partial charge in [0.2, 0.25) is 17.7 Å². The third-order valence-corrected chi connectivity index (χ3v) is 6.73. The maximum absolute atomic E-state index is 13.3. The molecule has 3 fully saturated rings. The van der Waals surface area contributed by atoms with E-state index in [4.69, 9.17) is 0 Å². The van der Waals surface area contributed by atoms with Gasteiger partial charge in [-0.25, -0.2) is 0 Å². The second-order valence-corrected chi connectivity index (χ2v) is 7.85. The Hall–Kier alpha value is -2.21. The Balaban J connectivity index is 1.68. The van der Waals surface area contributed by atoms with Crippen LogP contribution in [-0.4, -0.2) is 46.7 Å². The van der Waals surface area contributed by atoms with Crippen LogP contribution in [0, 0.1) is 11.8 Å². The largest absolute Gasteiger partial charge is 0.324 e. The second kappa shape index (κ2) is 5.39. The molecule has 0 bridgehead atoms. The lowest BCUT2D eigenvalue weighted by atomic mass is 9.75. The lowest BCUT2D eigenvalue weighted by Crippen LogP contribution is -2.54. The summed E-state index contributed by atoms with van der Waals surface area (Å²) in [6.07, 6.45) is 3.57. The Kier molecular flexibility index (Phi) is 3.32. The number of nitrogens with zero attached hydrogens (tertiary/aromatic N) is 2. The normalized spacial score (nSPS) is 35.2. The third-order valence-electron chi connectivity index (χ3n) is 6.73. The zero-order valence-corrected chi connectivity index (χ0v) is 14.9. The van der Waals surface area contributed by atoms with Crippen LogP contribution < -0.4 is 5.32 Å². The van der Waals surface area contributed by atoms with Crippen molar-refractivity contribution in [1.82, 2.24) is 9.80 Å². The number of hydrogen-bond donors (Lipinski definition) is 1. The average molecular weight is 353 g/mol. The molecule has 4 atom stereocenters. The lowest BCUT2D eigenvalue weighted by Gasteiger charge is -2.36. The van der Waals surface area contributed by atoms with Crippen molar-refractivity contribution < 1.29 is 14.4 Å². The molecule has 1 spiro atoms. The number of anilines is 1. The van der Waals surface area contributed by atoms with E-state index in [-0.39, 0.29) is 23.8 Å². The maximum Gasteiger partial charge on any atom is 0.250 e. The van der Waals surface area contributed by atoms with Crippen molar-refractivity contribution in [2.24, 2.45) is 11.8 Å². The van der Waals surface area contributed by atoms with Gasteiger partial charge in [0.1, 0.15) is 5.54 Å². The van der Waals surface area contributed by atoms with E-state index in [1.807, 2.05) is 31.2 Å². The molecule has 1 N–H and O–H groups in total. The number of carbonyl (C=O) groups is 3. The molecule has 4 aliphatic rings. The van der Waals surface area contributed by atoms with E-state index in [2.05, 4.69) is 10.2 Å². The monoisotopic (exact) mass is 353 g/mol. The SMILES string of the molecule is CCCCN1C(=O)[C@H]2[C@@H](C1=O)[C@]1(C(=O)Nc3ccccc31)N1CCC[C@@H]21. The summed E-state index contributed by atoms with van der Waals surface area (Å²) >= 11 is 0. The van der Waals surface area contributed by atoms with E-state index in [1.54, 1.807) is 0 Å². The topological polar surface area (TPSA) is 69.7 Å². The van der Waals surface area contributed by atoms with E-state index in [1.165, 1.54) is 4.90 Å². The summed E-state index contributed by atoms with van der Waals surface area (Å²) < 4.78 is 0. The molecule has 5 rings (SSSR count). The number of rotatable bonds is 3. The molecule has 0 aliphatic carbocycles. The van der Waals surface area contributed by atoms with E-state index in [9.17, 15) is 14.4 Å². The molecule has 1 aromatic rings. The molecular formula is C20H23N3O3. The first-order valence-corrected chi connectivity index (χ1v) is 9.65. The van der Waals surface area contributed by atoms with Crippen LogP contribution in [0.2, 0.25) is 0 Å². The summed E-state index contributed by atoms with van der Waals surface area (Å²) in [7, 11) is 0. The molecule has 6 heteroatoms. The minimum absolute atomic E-state index is 0.0139. The van der Waals surface area contributed by atoms with E-state index in [0.717, 1.165) is 43.5 Å². The molecule has 3 saturated heterocycles. The Morgan fingerprint density at radius 3 is 2.81 bits per heavy atom. The van der Waals surface area contributed by atoms with Gasteiger partial charge in [0.25, 0.3) is 0 Å². The van der Waals surface area contributed by atoms with Crippen molar-refractivity contribution >= 4 is 23.4 Å². The standard InChI is InChI=1S/C20H23N3O3/c1-2-3-10-22-17(24)15-14-9-6-11-23(14)20(16(15)18(22)25)12-7-4-5-8-13(12)21-19(20)26/h4-5,7-8,14-16H,2-3,6,9-11H2,1H3,(H,21,26)/t14-,15+,16-,20+/m0/s1. The summed E-state index contributed by atoms with van der Waals surface area (Å²) in [5.74, 6) is -1.36. The fourth-order valence-electron chi connectivity index (χ4n) is 5.76. The predicted octanol–water partition coefficient (Wildman–Crippen LogP) is 1.71. The van der Waals surface area contributed by atoms with Crippen molar-refractivity contribution in [3.05, 3.63) is 29.8 Å². The summed E-state index contributed by atoms with van der Waals surface area (Å²) in [4.78, 5) is 43.4. The number of carbonyl (C=O) groups excluding carboxylic acids is 3. The first kappa shape index (κ1) is 16.0. The number of imide groups is 1. The number of hydrogen-bond acceptors (Lipinski definition) is 4. The first-order valence-electron chi connectivity index (χ1n) is 9.65. The molecule has 26 heavy (non-hydrogen) atoms. The number of amides is 3. The van der Waals surface area contributed by atoms with Gasteiger partial charge in [-0.2, -0.15) is 0 Å². The molecule has 4 aliphatic heterocycles. The van der Waals surface area contributed by atoms with E-state index >= 15 is 0 Å². The summed E-state index contributed by atoms with van der Waals surface area (Å²) in [6, 6.07) is 7.62. The number of nitrogens with one attached hydrogen (secondary N) is 1. The molecule has 0 saturated carbocycles. The maximum atomic E-state index is 13.3. The van der Waals surface area contributed by atoms with Crippen molar-refractivity contribution in [3.63, 3.8) is 0 Å². The van der Waals surface area contributed by atoms with Gasteiger partial charge in [0, 0.05) is 23.8 Å². The second-order valence-electron chi connectivity index (χ2n) is 7.85. The number of fused-ring (bicyclic) bond motifs is 7. The highest BCUT2D eigenvalue weighted by Gasteiger charge is 2.74. The molecule has 0 radical (unpaired) electrons. The Bertz CT molecular complexity index is 822. The van der Waals surface area contributed by atoms with Gasteiger partial charge >= 0.3 is 0 Å². The fourth-order valence-corrected chi connectivity index (χ4v) is 5.76. The van der Waals surface area contributed by atoms with Gasteiger partial charge in [0.15, 0.2) is 0 Å². The van der Waals surface area contributed by atoms with Crippen LogP contribution in [0.3, 0.4) is 0 Å². The third kappa shape index (κ3) is 1.68. The van der Waals surface area contributed by atoms with Gasteiger partial charge in [-0.15, -0.1) is 0 Å². The molecular weight excluding hydrogens is 330 g/mol. The minimum Gasteiger partial charge on any atom is -0.324 e. The Labute approximate surface area is 152 Å². The van der Waals surface area contributed by atoms with Gasteiger partial charge in [-0.05, 0) is 31.9 Å². The lowest BCUT2D eigenvalue weighted by molar-refractivity contribution is -0.145. The highest BCUT2D eigenvalue weighted by atomic mass is 16.2. The number of likely N-dealkylation sites (tertiary alicyclic amines) is 1. The van der Waals surface area contributed by atoms with E-state index < -0.39 is 17.4 Å². The number of unbranched alkanes of at least 4 members (excludes halogenated alkanes) is 1. The molecule has 6 nitrogen and oxygen atoms in total. The molecule has 3 amide bonds. The first-order chi connectivity index (χ1) is 12.6. The molecule has 4 heterocycles. The van der Waals surface area contributed by atoms with Crippen molar-refractivity contribution in [2.75, 3.05) is 18.4 Å².